The predicted molar refractivity (Wildman–Crippen MR) is 73.6 cm³/mol. The van der Waals surface area contributed by atoms with Gasteiger partial charge in [-0.1, -0.05) is 6.07 Å². The lowest BCUT2D eigenvalue weighted by molar-refractivity contribution is -0.131. The van der Waals surface area contributed by atoms with Crippen molar-refractivity contribution in [3.8, 4) is 0 Å². The molecule has 1 unspecified atom stereocenters. The average Bonchev–Trinajstić information content (AvgIpc) is 2.69. The molecule has 1 atom stereocenters. The molecule has 0 radical (unpaired) electrons. The van der Waals surface area contributed by atoms with Gasteiger partial charge in [0.25, 0.3) is 0 Å². The first-order valence-electron chi connectivity index (χ1n) is 6.50. The van der Waals surface area contributed by atoms with E-state index < -0.39 is 17.4 Å². The van der Waals surface area contributed by atoms with E-state index in [0.29, 0.717) is 25.1 Å². The Morgan fingerprint density at radius 1 is 1.55 bits per heavy atom. The molecule has 0 amide bonds. The SMILES string of the molecule is CC1(O)CCN(Cc2ccc(F)cc2/C=C/C(=O)O)C1. The number of rotatable bonds is 4. The Morgan fingerprint density at radius 2 is 2.30 bits per heavy atom. The van der Waals surface area contributed by atoms with Crippen LogP contribution in [0.5, 0.6) is 0 Å². The van der Waals surface area contributed by atoms with E-state index in [1.54, 1.807) is 13.0 Å². The number of likely N-dealkylation sites (tertiary alicyclic amines) is 1. The van der Waals surface area contributed by atoms with Gasteiger partial charge in [-0.05, 0) is 42.7 Å². The highest BCUT2D eigenvalue weighted by Gasteiger charge is 2.31. The molecular formula is C15H18FNO3. The van der Waals surface area contributed by atoms with E-state index in [4.69, 9.17) is 5.11 Å². The third-order valence-corrected chi connectivity index (χ3v) is 3.44. The maximum atomic E-state index is 13.3. The van der Waals surface area contributed by atoms with Crippen LogP contribution < -0.4 is 0 Å². The molecule has 2 rings (SSSR count). The van der Waals surface area contributed by atoms with Gasteiger partial charge in [-0.2, -0.15) is 0 Å². The summed E-state index contributed by atoms with van der Waals surface area (Å²) < 4.78 is 13.3. The first-order chi connectivity index (χ1) is 9.35. The molecule has 0 spiro atoms. The van der Waals surface area contributed by atoms with E-state index in [2.05, 4.69) is 4.90 Å². The van der Waals surface area contributed by atoms with Crippen LogP contribution in [0, 0.1) is 5.82 Å². The van der Waals surface area contributed by atoms with Crippen molar-refractivity contribution in [3.63, 3.8) is 0 Å². The van der Waals surface area contributed by atoms with Gasteiger partial charge in [0.2, 0.25) is 0 Å². The minimum Gasteiger partial charge on any atom is -0.478 e. The molecule has 4 nitrogen and oxygen atoms in total. The van der Waals surface area contributed by atoms with Gasteiger partial charge in [-0.25, -0.2) is 9.18 Å². The molecule has 1 aromatic carbocycles. The number of aliphatic hydroxyl groups is 1. The molecule has 1 fully saturated rings. The number of carboxylic acid groups (broad SMARTS) is 1. The fraction of sp³-hybridized carbons (Fsp3) is 0.400. The minimum absolute atomic E-state index is 0.396. The Bertz CT molecular complexity index is 540. The van der Waals surface area contributed by atoms with Gasteiger partial charge < -0.3 is 10.2 Å². The van der Waals surface area contributed by atoms with E-state index in [-0.39, 0.29) is 0 Å². The lowest BCUT2D eigenvalue weighted by atomic mass is 10.1. The van der Waals surface area contributed by atoms with E-state index in [9.17, 15) is 14.3 Å². The maximum Gasteiger partial charge on any atom is 0.328 e. The molecule has 1 aliphatic rings. The van der Waals surface area contributed by atoms with Crippen molar-refractivity contribution in [1.29, 1.82) is 0 Å². The van der Waals surface area contributed by atoms with Gasteiger partial charge >= 0.3 is 5.97 Å². The first-order valence-corrected chi connectivity index (χ1v) is 6.50. The topological polar surface area (TPSA) is 60.8 Å². The second-order valence-corrected chi connectivity index (χ2v) is 5.47. The number of aliphatic carboxylic acids is 1. The van der Waals surface area contributed by atoms with Gasteiger partial charge in [0, 0.05) is 25.7 Å². The lowest BCUT2D eigenvalue weighted by Gasteiger charge is -2.19. The molecule has 0 aliphatic carbocycles. The zero-order valence-electron chi connectivity index (χ0n) is 11.3. The molecule has 1 heterocycles. The fourth-order valence-corrected chi connectivity index (χ4v) is 2.44. The highest BCUT2D eigenvalue weighted by atomic mass is 19.1. The van der Waals surface area contributed by atoms with E-state index in [1.165, 1.54) is 18.2 Å². The molecule has 2 N–H and O–H groups in total. The number of benzene rings is 1. The fourth-order valence-electron chi connectivity index (χ4n) is 2.44. The molecule has 5 heteroatoms. The van der Waals surface area contributed by atoms with Gasteiger partial charge in [0.15, 0.2) is 0 Å². The van der Waals surface area contributed by atoms with Crippen molar-refractivity contribution < 1.29 is 19.4 Å². The number of halogens is 1. The van der Waals surface area contributed by atoms with Crippen molar-refractivity contribution in [1.82, 2.24) is 4.90 Å². The van der Waals surface area contributed by atoms with Gasteiger partial charge in [-0.3, -0.25) is 4.90 Å². The molecule has 0 aromatic heterocycles. The van der Waals surface area contributed by atoms with Crippen LogP contribution in [0.25, 0.3) is 6.08 Å². The second kappa shape index (κ2) is 5.73. The summed E-state index contributed by atoms with van der Waals surface area (Å²) >= 11 is 0. The van der Waals surface area contributed by atoms with E-state index in [0.717, 1.165) is 18.2 Å². The van der Waals surface area contributed by atoms with Crippen LogP contribution in [0.15, 0.2) is 24.3 Å². The summed E-state index contributed by atoms with van der Waals surface area (Å²) in [5, 5.41) is 18.6. The largest absolute Gasteiger partial charge is 0.478 e. The Kier molecular flexibility index (Phi) is 4.20. The zero-order valence-corrected chi connectivity index (χ0v) is 11.3. The van der Waals surface area contributed by atoms with Crippen LogP contribution in [0.2, 0.25) is 0 Å². The number of nitrogens with zero attached hydrogens (tertiary/aromatic N) is 1. The summed E-state index contributed by atoms with van der Waals surface area (Å²) in [4.78, 5) is 12.6. The van der Waals surface area contributed by atoms with Gasteiger partial charge in [0.1, 0.15) is 5.82 Å². The average molecular weight is 279 g/mol. The molecular weight excluding hydrogens is 261 g/mol. The molecule has 108 valence electrons. The minimum atomic E-state index is -1.07. The maximum absolute atomic E-state index is 13.3. The Balaban J connectivity index is 2.17. The molecule has 1 saturated heterocycles. The second-order valence-electron chi connectivity index (χ2n) is 5.47. The van der Waals surface area contributed by atoms with Crippen LogP contribution in [-0.2, 0) is 11.3 Å². The number of hydrogen-bond acceptors (Lipinski definition) is 3. The van der Waals surface area contributed by atoms with Crippen LogP contribution in [-0.4, -0.2) is 39.8 Å². The standard InChI is InChI=1S/C15H18FNO3/c1-15(20)6-7-17(10-15)9-12-2-4-13(16)8-11(12)3-5-14(18)19/h2-5,8,20H,6-7,9-10H2,1H3,(H,18,19)/b5-3+. The summed E-state index contributed by atoms with van der Waals surface area (Å²) in [6.07, 6.45) is 3.10. The lowest BCUT2D eigenvalue weighted by Crippen LogP contribution is -2.29. The molecule has 0 bridgehead atoms. The number of hydrogen-bond donors (Lipinski definition) is 2. The van der Waals surface area contributed by atoms with Crippen molar-refractivity contribution in [2.24, 2.45) is 0 Å². The number of carboxylic acids is 1. The first kappa shape index (κ1) is 14.7. The van der Waals surface area contributed by atoms with Crippen molar-refractivity contribution in [2.75, 3.05) is 13.1 Å². The van der Waals surface area contributed by atoms with Crippen LogP contribution in [0.1, 0.15) is 24.5 Å². The van der Waals surface area contributed by atoms with Crippen LogP contribution in [0.4, 0.5) is 4.39 Å². The van der Waals surface area contributed by atoms with E-state index >= 15 is 0 Å². The molecule has 1 aromatic rings. The van der Waals surface area contributed by atoms with Crippen LogP contribution in [0.3, 0.4) is 0 Å². The number of β-amino-alcohol motifs (C(OH)–C–C–N with tert-alkyl or cyclic N) is 1. The number of carbonyl (C=O) groups is 1. The van der Waals surface area contributed by atoms with E-state index in [1.807, 2.05) is 0 Å². The Morgan fingerprint density at radius 3 is 2.90 bits per heavy atom. The zero-order chi connectivity index (χ0) is 14.8. The van der Waals surface area contributed by atoms with Crippen molar-refractivity contribution >= 4 is 12.0 Å². The van der Waals surface area contributed by atoms with Gasteiger partial charge in [-0.15, -0.1) is 0 Å². The summed E-state index contributed by atoms with van der Waals surface area (Å²) in [6, 6.07) is 4.34. The highest BCUT2D eigenvalue weighted by Crippen LogP contribution is 2.23. The van der Waals surface area contributed by atoms with Crippen LogP contribution >= 0.6 is 0 Å². The quantitative estimate of drug-likeness (QED) is 0.826. The highest BCUT2D eigenvalue weighted by molar-refractivity contribution is 5.85. The summed E-state index contributed by atoms with van der Waals surface area (Å²) in [5.74, 6) is -1.46. The van der Waals surface area contributed by atoms with Crippen molar-refractivity contribution in [2.45, 2.75) is 25.5 Å². The molecule has 0 saturated carbocycles. The Hall–Kier alpha value is -1.72. The third kappa shape index (κ3) is 3.88. The smallest absolute Gasteiger partial charge is 0.328 e. The normalized spacial score (nSPS) is 23.6. The third-order valence-electron chi connectivity index (χ3n) is 3.44. The Labute approximate surface area is 117 Å². The monoisotopic (exact) mass is 279 g/mol. The molecule has 20 heavy (non-hydrogen) atoms. The predicted octanol–water partition coefficient (Wildman–Crippen LogP) is 1.88. The van der Waals surface area contributed by atoms with Gasteiger partial charge in [0.05, 0.1) is 5.60 Å². The summed E-state index contributed by atoms with van der Waals surface area (Å²) in [7, 11) is 0. The molecule has 1 aliphatic heterocycles. The summed E-state index contributed by atoms with van der Waals surface area (Å²) in [6.45, 7) is 3.69. The summed E-state index contributed by atoms with van der Waals surface area (Å²) in [5.41, 5.74) is 0.720. The van der Waals surface area contributed by atoms with Crippen molar-refractivity contribution in [3.05, 3.63) is 41.2 Å².